The maximum Gasteiger partial charge on any atom is 0.320 e. The molecule has 110 valence electrons. The summed E-state index contributed by atoms with van der Waals surface area (Å²) < 4.78 is 0. The van der Waals surface area contributed by atoms with Crippen molar-refractivity contribution in [1.82, 2.24) is 0 Å². The molecule has 2 rings (SSSR count). The number of fused-ring (bicyclic) bond motifs is 1. The maximum atomic E-state index is 12.0. The first-order valence-electron chi connectivity index (χ1n) is 6.74. The number of carboxylic acid groups (broad SMARTS) is 1. The Morgan fingerprint density at radius 3 is 2.57 bits per heavy atom. The molecule has 1 unspecified atom stereocenters. The van der Waals surface area contributed by atoms with Crippen LogP contribution in [0.1, 0.15) is 13.3 Å². The normalized spacial score (nSPS) is 13.6. The lowest BCUT2D eigenvalue weighted by Crippen LogP contribution is -2.37. The zero-order chi connectivity index (χ0) is 15.4. The summed E-state index contributed by atoms with van der Waals surface area (Å²) in [5.74, 6) is -1.39. The Morgan fingerprint density at radius 2 is 1.86 bits per heavy atom. The number of carbonyl (C=O) groups is 2. The number of hydrogen-bond donors (Lipinski definition) is 3. The van der Waals surface area contributed by atoms with E-state index in [1.165, 1.54) is 0 Å². The van der Waals surface area contributed by atoms with Crippen LogP contribution >= 0.6 is 0 Å². The van der Waals surface area contributed by atoms with E-state index in [1.807, 2.05) is 42.5 Å². The monoisotopic (exact) mass is 286 g/mol. The first kappa shape index (κ1) is 15.0. The number of hydrogen-bond acceptors (Lipinski definition) is 4. The molecule has 0 spiro atoms. The zero-order valence-corrected chi connectivity index (χ0v) is 11.7. The summed E-state index contributed by atoms with van der Waals surface area (Å²) in [4.78, 5) is 22.7. The largest absolute Gasteiger partial charge is 0.480 e. The SMILES string of the molecule is CC(Nc1cccc2ccccc12)C(=O)C[C@H](N)C(=O)O. The summed E-state index contributed by atoms with van der Waals surface area (Å²) in [5.41, 5.74) is 6.24. The number of carboxylic acids is 1. The van der Waals surface area contributed by atoms with Gasteiger partial charge in [-0.15, -0.1) is 0 Å². The molecule has 0 aromatic heterocycles. The molecule has 2 aromatic rings. The van der Waals surface area contributed by atoms with Gasteiger partial charge in [0, 0.05) is 17.5 Å². The van der Waals surface area contributed by atoms with Crippen LogP contribution in [-0.4, -0.2) is 28.9 Å². The van der Waals surface area contributed by atoms with Gasteiger partial charge in [-0.25, -0.2) is 0 Å². The highest BCUT2D eigenvalue weighted by atomic mass is 16.4. The summed E-state index contributed by atoms with van der Waals surface area (Å²) in [6, 6.07) is 12.0. The van der Waals surface area contributed by atoms with Crippen molar-refractivity contribution < 1.29 is 14.7 Å². The van der Waals surface area contributed by atoms with E-state index in [-0.39, 0.29) is 12.2 Å². The first-order chi connectivity index (χ1) is 9.99. The van der Waals surface area contributed by atoms with Crippen LogP contribution in [0.4, 0.5) is 5.69 Å². The van der Waals surface area contributed by atoms with Crippen LogP contribution in [0.15, 0.2) is 42.5 Å². The summed E-state index contributed by atoms with van der Waals surface area (Å²) in [7, 11) is 0. The molecular formula is C16H18N2O3. The minimum absolute atomic E-state index is 0.186. The fourth-order valence-corrected chi connectivity index (χ4v) is 2.15. The number of anilines is 1. The minimum Gasteiger partial charge on any atom is -0.480 e. The highest BCUT2D eigenvalue weighted by Crippen LogP contribution is 2.23. The minimum atomic E-state index is -1.17. The molecule has 0 aliphatic heterocycles. The lowest BCUT2D eigenvalue weighted by Gasteiger charge is -2.17. The molecule has 2 atom stereocenters. The number of nitrogens with two attached hydrogens (primary N) is 1. The Bertz CT molecular complexity index is 664. The van der Waals surface area contributed by atoms with Gasteiger partial charge in [0.1, 0.15) is 6.04 Å². The quantitative estimate of drug-likeness (QED) is 0.755. The molecule has 5 heteroatoms. The molecule has 4 N–H and O–H groups in total. The van der Waals surface area contributed by atoms with Gasteiger partial charge in [0.15, 0.2) is 5.78 Å². The fourth-order valence-electron chi connectivity index (χ4n) is 2.15. The first-order valence-corrected chi connectivity index (χ1v) is 6.74. The van der Waals surface area contributed by atoms with Crippen molar-refractivity contribution in [1.29, 1.82) is 0 Å². The van der Waals surface area contributed by atoms with E-state index in [4.69, 9.17) is 10.8 Å². The topological polar surface area (TPSA) is 92.4 Å². The van der Waals surface area contributed by atoms with E-state index in [1.54, 1.807) is 6.92 Å². The zero-order valence-electron chi connectivity index (χ0n) is 11.7. The third kappa shape index (κ3) is 3.58. The van der Waals surface area contributed by atoms with Crippen molar-refractivity contribution in [3.8, 4) is 0 Å². The van der Waals surface area contributed by atoms with Crippen LogP contribution in [0.5, 0.6) is 0 Å². The molecule has 0 aliphatic rings. The number of benzene rings is 2. The van der Waals surface area contributed by atoms with Crippen molar-refractivity contribution in [2.45, 2.75) is 25.4 Å². The Morgan fingerprint density at radius 1 is 1.19 bits per heavy atom. The van der Waals surface area contributed by atoms with Gasteiger partial charge >= 0.3 is 5.97 Å². The van der Waals surface area contributed by atoms with Crippen LogP contribution in [0.3, 0.4) is 0 Å². The number of rotatable bonds is 6. The molecule has 0 heterocycles. The van der Waals surface area contributed by atoms with Crippen molar-refractivity contribution in [3.63, 3.8) is 0 Å². The average Bonchev–Trinajstić information content (AvgIpc) is 2.47. The molecule has 0 saturated heterocycles. The second-order valence-electron chi connectivity index (χ2n) is 5.01. The Labute approximate surface area is 122 Å². The predicted octanol–water partition coefficient (Wildman–Crippen LogP) is 2.01. The molecule has 0 saturated carbocycles. The number of ketones is 1. The molecule has 21 heavy (non-hydrogen) atoms. The average molecular weight is 286 g/mol. The number of carbonyl (C=O) groups excluding carboxylic acids is 1. The Balaban J connectivity index is 2.13. The summed E-state index contributed by atoms with van der Waals surface area (Å²) in [5, 5.41) is 14.0. The number of nitrogens with one attached hydrogen (secondary N) is 1. The molecular weight excluding hydrogens is 268 g/mol. The molecule has 0 amide bonds. The molecule has 0 bridgehead atoms. The molecule has 0 aliphatic carbocycles. The van der Waals surface area contributed by atoms with Crippen molar-refractivity contribution in [2.75, 3.05) is 5.32 Å². The van der Waals surface area contributed by atoms with Crippen molar-refractivity contribution in [3.05, 3.63) is 42.5 Å². The van der Waals surface area contributed by atoms with Crippen LogP contribution in [0, 0.1) is 0 Å². The van der Waals surface area contributed by atoms with Gasteiger partial charge in [0.25, 0.3) is 0 Å². The lowest BCUT2D eigenvalue weighted by atomic mass is 10.0. The third-order valence-electron chi connectivity index (χ3n) is 3.38. The van der Waals surface area contributed by atoms with Gasteiger partial charge in [-0.1, -0.05) is 36.4 Å². The van der Waals surface area contributed by atoms with Crippen LogP contribution in [0.25, 0.3) is 10.8 Å². The molecule has 0 radical (unpaired) electrons. The Kier molecular flexibility index (Phi) is 4.55. The molecule has 0 fully saturated rings. The maximum absolute atomic E-state index is 12.0. The highest BCUT2D eigenvalue weighted by molar-refractivity contribution is 5.97. The number of Topliss-reactive ketones (excluding diaryl/α,β-unsaturated/α-hetero) is 1. The Hall–Kier alpha value is -2.40. The fraction of sp³-hybridized carbons (Fsp3) is 0.250. The summed E-state index contributed by atoms with van der Waals surface area (Å²) >= 11 is 0. The van der Waals surface area contributed by atoms with Gasteiger partial charge in [-0.3, -0.25) is 9.59 Å². The van der Waals surface area contributed by atoms with E-state index >= 15 is 0 Å². The smallest absolute Gasteiger partial charge is 0.320 e. The second-order valence-corrected chi connectivity index (χ2v) is 5.01. The third-order valence-corrected chi connectivity index (χ3v) is 3.38. The predicted molar refractivity (Wildman–Crippen MR) is 82.3 cm³/mol. The standard InChI is InChI=1S/C16H18N2O3/c1-10(15(19)9-13(17)16(20)21)18-14-8-4-6-11-5-2-3-7-12(11)14/h2-8,10,13,18H,9,17H2,1H3,(H,20,21)/t10?,13-/m0/s1. The van der Waals surface area contributed by atoms with Crippen LogP contribution < -0.4 is 11.1 Å². The van der Waals surface area contributed by atoms with Gasteiger partial charge in [0.2, 0.25) is 0 Å². The summed E-state index contributed by atoms with van der Waals surface area (Å²) in [6.07, 6.45) is -0.186. The van der Waals surface area contributed by atoms with Gasteiger partial charge in [-0.05, 0) is 18.4 Å². The van der Waals surface area contributed by atoms with Crippen LogP contribution in [0.2, 0.25) is 0 Å². The second kappa shape index (κ2) is 6.37. The molecule has 2 aromatic carbocycles. The van der Waals surface area contributed by atoms with E-state index in [2.05, 4.69) is 5.32 Å². The van der Waals surface area contributed by atoms with E-state index in [9.17, 15) is 9.59 Å². The van der Waals surface area contributed by atoms with E-state index in [0.29, 0.717) is 0 Å². The van der Waals surface area contributed by atoms with Crippen molar-refractivity contribution >= 4 is 28.2 Å². The lowest BCUT2D eigenvalue weighted by molar-refractivity contribution is -0.140. The highest BCUT2D eigenvalue weighted by Gasteiger charge is 2.20. The van der Waals surface area contributed by atoms with E-state index < -0.39 is 18.1 Å². The molecule has 5 nitrogen and oxygen atoms in total. The van der Waals surface area contributed by atoms with Gasteiger partial charge in [-0.2, -0.15) is 0 Å². The summed E-state index contributed by atoms with van der Waals surface area (Å²) in [6.45, 7) is 1.71. The van der Waals surface area contributed by atoms with E-state index in [0.717, 1.165) is 16.5 Å². The van der Waals surface area contributed by atoms with Gasteiger partial charge < -0.3 is 16.2 Å². The number of aliphatic carboxylic acids is 1. The van der Waals surface area contributed by atoms with Crippen molar-refractivity contribution in [2.24, 2.45) is 5.73 Å². The van der Waals surface area contributed by atoms with Crippen LogP contribution in [-0.2, 0) is 9.59 Å². The van der Waals surface area contributed by atoms with Gasteiger partial charge in [0.05, 0.1) is 6.04 Å².